The van der Waals surface area contributed by atoms with E-state index in [1.54, 1.807) is 0 Å². The number of aromatic nitrogens is 2. The standard InChI is InChI=1S/C40H24N2O/c1-2-11-26(12-3-1)42-37-24-36-33(23-34(37)32-20-18-25-10-4-5-13-28(25)40(32)42)29-14-6-8-16-35(29)41(36)27-19-21-31-30-15-7-9-17-38(30)43-39(31)22-27/h1-24H. The number of benzene rings is 7. The van der Waals surface area contributed by atoms with Gasteiger partial charge < -0.3 is 13.6 Å². The van der Waals surface area contributed by atoms with Gasteiger partial charge in [-0.15, -0.1) is 0 Å². The van der Waals surface area contributed by atoms with Gasteiger partial charge >= 0.3 is 0 Å². The summed E-state index contributed by atoms with van der Waals surface area (Å²) in [5.41, 5.74) is 8.85. The Bertz CT molecular complexity index is 2720. The van der Waals surface area contributed by atoms with E-state index in [1.807, 2.05) is 12.1 Å². The normalized spacial score (nSPS) is 12.2. The largest absolute Gasteiger partial charge is 0.456 e. The third kappa shape index (κ3) is 3.08. The predicted octanol–water partition coefficient (Wildman–Crippen LogP) is 10.9. The lowest BCUT2D eigenvalue weighted by Crippen LogP contribution is -1.96. The van der Waals surface area contributed by atoms with Gasteiger partial charge in [0.2, 0.25) is 0 Å². The molecule has 43 heavy (non-hydrogen) atoms. The van der Waals surface area contributed by atoms with Crippen molar-refractivity contribution in [3.63, 3.8) is 0 Å². The second-order valence-electron chi connectivity index (χ2n) is 11.4. The van der Waals surface area contributed by atoms with Gasteiger partial charge in [-0.1, -0.05) is 91.0 Å². The molecule has 0 amide bonds. The average Bonchev–Trinajstić information content (AvgIpc) is 3.71. The van der Waals surface area contributed by atoms with E-state index < -0.39 is 0 Å². The Morgan fingerprint density at radius 2 is 1.02 bits per heavy atom. The molecule has 0 saturated heterocycles. The van der Waals surface area contributed by atoms with E-state index in [-0.39, 0.29) is 0 Å². The Kier molecular flexibility index (Phi) is 4.45. The monoisotopic (exact) mass is 548 g/mol. The van der Waals surface area contributed by atoms with E-state index in [1.165, 1.54) is 54.4 Å². The molecule has 0 radical (unpaired) electrons. The van der Waals surface area contributed by atoms with Gasteiger partial charge in [0, 0.05) is 55.1 Å². The number of furan rings is 1. The molecule has 0 N–H and O–H groups in total. The van der Waals surface area contributed by atoms with Crippen LogP contribution in [0.3, 0.4) is 0 Å². The summed E-state index contributed by atoms with van der Waals surface area (Å²) in [6, 6.07) is 52.4. The molecular formula is C40H24N2O. The van der Waals surface area contributed by atoms with Crippen LogP contribution in [0.1, 0.15) is 0 Å². The van der Waals surface area contributed by atoms with Crippen LogP contribution in [-0.2, 0) is 0 Å². The van der Waals surface area contributed by atoms with Crippen molar-refractivity contribution in [1.29, 1.82) is 0 Å². The maximum Gasteiger partial charge on any atom is 0.137 e. The summed E-state index contributed by atoms with van der Waals surface area (Å²) in [5, 5.41) is 9.79. The third-order valence-corrected chi connectivity index (χ3v) is 9.08. The maximum absolute atomic E-state index is 6.33. The molecule has 0 unspecified atom stereocenters. The third-order valence-electron chi connectivity index (χ3n) is 9.08. The Morgan fingerprint density at radius 1 is 0.349 bits per heavy atom. The highest BCUT2D eigenvalue weighted by atomic mass is 16.3. The Labute approximate surface area is 246 Å². The number of para-hydroxylation sites is 3. The molecule has 0 atom stereocenters. The molecule has 0 aliphatic rings. The highest BCUT2D eigenvalue weighted by Crippen LogP contribution is 2.42. The molecule has 3 heteroatoms. The van der Waals surface area contributed by atoms with Gasteiger partial charge in [0.15, 0.2) is 0 Å². The van der Waals surface area contributed by atoms with Gasteiger partial charge in [0.05, 0.1) is 22.1 Å². The first-order chi connectivity index (χ1) is 21.3. The molecule has 3 heterocycles. The number of rotatable bonds is 2. The zero-order valence-electron chi connectivity index (χ0n) is 23.2. The summed E-state index contributed by atoms with van der Waals surface area (Å²) in [6.45, 7) is 0. The van der Waals surface area contributed by atoms with Gasteiger partial charge in [0.1, 0.15) is 11.2 Å². The van der Waals surface area contributed by atoms with E-state index in [9.17, 15) is 0 Å². The second kappa shape index (κ2) is 8.37. The van der Waals surface area contributed by atoms with Crippen LogP contribution < -0.4 is 0 Å². The zero-order valence-corrected chi connectivity index (χ0v) is 23.2. The number of hydrogen-bond acceptors (Lipinski definition) is 1. The quantitative estimate of drug-likeness (QED) is 0.211. The van der Waals surface area contributed by atoms with Crippen LogP contribution in [-0.4, -0.2) is 9.13 Å². The van der Waals surface area contributed by atoms with Crippen molar-refractivity contribution < 1.29 is 4.42 Å². The van der Waals surface area contributed by atoms with Crippen molar-refractivity contribution in [3.8, 4) is 11.4 Å². The first-order valence-corrected chi connectivity index (χ1v) is 14.7. The minimum Gasteiger partial charge on any atom is -0.456 e. The fraction of sp³-hybridized carbons (Fsp3) is 0. The molecule has 10 aromatic rings. The molecule has 0 fully saturated rings. The summed E-state index contributed by atoms with van der Waals surface area (Å²) in [6.07, 6.45) is 0. The molecule has 0 aliphatic heterocycles. The molecule has 10 rings (SSSR count). The molecule has 0 spiro atoms. The van der Waals surface area contributed by atoms with Crippen molar-refractivity contribution >= 4 is 76.3 Å². The smallest absolute Gasteiger partial charge is 0.137 e. The van der Waals surface area contributed by atoms with Crippen LogP contribution >= 0.6 is 0 Å². The van der Waals surface area contributed by atoms with Crippen molar-refractivity contribution in [2.24, 2.45) is 0 Å². The lowest BCUT2D eigenvalue weighted by molar-refractivity contribution is 0.668. The lowest BCUT2D eigenvalue weighted by atomic mass is 10.0. The number of hydrogen-bond donors (Lipinski definition) is 0. The van der Waals surface area contributed by atoms with Crippen LogP contribution in [0.4, 0.5) is 0 Å². The van der Waals surface area contributed by atoms with Crippen molar-refractivity contribution in [2.45, 2.75) is 0 Å². The topological polar surface area (TPSA) is 23.0 Å². The van der Waals surface area contributed by atoms with E-state index >= 15 is 0 Å². The van der Waals surface area contributed by atoms with Crippen molar-refractivity contribution in [1.82, 2.24) is 9.13 Å². The summed E-state index contributed by atoms with van der Waals surface area (Å²) in [7, 11) is 0. The van der Waals surface area contributed by atoms with Gasteiger partial charge in [-0.3, -0.25) is 0 Å². The van der Waals surface area contributed by atoms with Gasteiger partial charge in [-0.05, 0) is 53.9 Å². The van der Waals surface area contributed by atoms with Crippen LogP contribution in [0.15, 0.2) is 150 Å². The van der Waals surface area contributed by atoms with E-state index in [2.05, 4.69) is 143 Å². The fourth-order valence-electron chi connectivity index (χ4n) is 7.22. The van der Waals surface area contributed by atoms with Gasteiger partial charge in [0.25, 0.3) is 0 Å². The lowest BCUT2D eigenvalue weighted by Gasteiger charge is -2.11. The molecule has 3 nitrogen and oxygen atoms in total. The summed E-state index contributed by atoms with van der Waals surface area (Å²) >= 11 is 0. The first-order valence-electron chi connectivity index (χ1n) is 14.7. The van der Waals surface area contributed by atoms with Crippen LogP contribution in [0.5, 0.6) is 0 Å². The molecule has 3 aromatic heterocycles. The predicted molar refractivity (Wildman–Crippen MR) is 180 cm³/mol. The molecule has 0 bridgehead atoms. The van der Waals surface area contributed by atoms with Crippen LogP contribution in [0, 0.1) is 0 Å². The highest BCUT2D eigenvalue weighted by molar-refractivity contribution is 6.23. The van der Waals surface area contributed by atoms with Crippen LogP contribution in [0.2, 0.25) is 0 Å². The average molecular weight is 549 g/mol. The van der Waals surface area contributed by atoms with Crippen LogP contribution in [0.25, 0.3) is 87.7 Å². The number of nitrogens with zero attached hydrogens (tertiary/aromatic N) is 2. The summed E-state index contributed by atoms with van der Waals surface area (Å²) < 4.78 is 11.2. The summed E-state index contributed by atoms with van der Waals surface area (Å²) in [5.74, 6) is 0. The van der Waals surface area contributed by atoms with Crippen molar-refractivity contribution in [2.75, 3.05) is 0 Å². The molecule has 200 valence electrons. The van der Waals surface area contributed by atoms with E-state index in [0.717, 1.165) is 33.3 Å². The van der Waals surface area contributed by atoms with E-state index in [4.69, 9.17) is 4.42 Å². The molecular weight excluding hydrogens is 524 g/mol. The number of fused-ring (bicyclic) bond motifs is 11. The van der Waals surface area contributed by atoms with Crippen molar-refractivity contribution in [3.05, 3.63) is 146 Å². The highest BCUT2D eigenvalue weighted by Gasteiger charge is 2.20. The van der Waals surface area contributed by atoms with E-state index in [0.29, 0.717) is 0 Å². The Morgan fingerprint density at radius 3 is 1.93 bits per heavy atom. The maximum atomic E-state index is 6.33. The minimum absolute atomic E-state index is 0.899. The van der Waals surface area contributed by atoms with Gasteiger partial charge in [-0.25, -0.2) is 0 Å². The zero-order chi connectivity index (χ0) is 28.1. The Balaban J connectivity index is 1.37. The molecule has 0 saturated carbocycles. The van der Waals surface area contributed by atoms with Gasteiger partial charge in [-0.2, -0.15) is 0 Å². The second-order valence-corrected chi connectivity index (χ2v) is 11.4. The SMILES string of the molecule is c1ccc(-n2c3cc4c(cc3c3ccc5ccccc5c32)c2ccccc2n4-c2ccc3c(c2)oc2ccccc23)cc1. The summed E-state index contributed by atoms with van der Waals surface area (Å²) in [4.78, 5) is 0. The Hall–Kier alpha value is -5.80. The fourth-order valence-corrected chi connectivity index (χ4v) is 7.22. The first kappa shape index (κ1) is 22.8. The molecule has 7 aromatic carbocycles. The molecule has 0 aliphatic carbocycles. The minimum atomic E-state index is 0.899.